The molecule has 0 bridgehead atoms. The number of benzene rings is 2. The van der Waals surface area contributed by atoms with E-state index >= 15 is 0 Å². The number of hydrogen-bond acceptors (Lipinski definition) is 8. The van der Waals surface area contributed by atoms with E-state index in [2.05, 4.69) is 42.6 Å². The van der Waals surface area contributed by atoms with Gasteiger partial charge in [0.15, 0.2) is 0 Å². The third-order valence-electron chi connectivity index (χ3n) is 7.42. The maximum Gasteiger partial charge on any atom is 0.342 e. The van der Waals surface area contributed by atoms with Gasteiger partial charge in [0, 0.05) is 60.2 Å². The second-order valence-corrected chi connectivity index (χ2v) is 11.8. The van der Waals surface area contributed by atoms with Gasteiger partial charge in [0.2, 0.25) is 5.88 Å². The lowest BCUT2D eigenvalue weighted by Gasteiger charge is -2.39. The van der Waals surface area contributed by atoms with E-state index in [0.717, 1.165) is 37.1 Å². The molecule has 5 rings (SSSR count). The average molecular weight is 546 g/mol. The smallest absolute Gasteiger partial charge is 0.342 e. The standard InChI is InChI=1S/C32H39N3O5/c1-7-38-31(37)25-20(2)40-30-23-11-9-8-10-22(23)29(36)27(26(25)30)28(35-16-14-34(6)15-17-35)21-12-13-33-24(18-21)39-19-32(3,4)5/h8-13,18,28,36H,7,14-17,19H2,1-6H3. The SMILES string of the molecule is CCOC(=O)c1c(C)oc2c1c(C(c1ccnc(OCC(C)(C)C)c1)N1CCN(C)CC1)c(O)c1ccccc12. The van der Waals surface area contributed by atoms with Crippen molar-refractivity contribution in [3.05, 3.63) is 65.0 Å². The van der Waals surface area contributed by atoms with E-state index in [9.17, 15) is 9.90 Å². The fourth-order valence-corrected chi connectivity index (χ4v) is 5.46. The molecule has 1 aliphatic heterocycles. The summed E-state index contributed by atoms with van der Waals surface area (Å²) >= 11 is 0. The Labute approximate surface area is 235 Å². The van der Waals surface area contributed by atoms with Crippen molar-refractivity contribution in [3.8, 4) is 11.6 Å². The number of pyridine rings is 1. The summed E-state index contributed by atoms with van der Waals surface area (Å²) in [6.45, 7) is 14.0. The van der Waals surface area contributed by atoms with Gasteiger partial charge in [-0.1, -0.05) is 45.0 Å². The van der Waals surface area contributed by atoms with Crippen LogP contribution in [0.2, 0.25) is 0 Å². The summed E-state index contributed by atoms with van der Waals surface area (Å²) in [5.41, 5.74) is 2.45. The zero-order valence-corrected chi connectivity index (χ0v) is 24.3. The number of phenolic OH excluding ortho intramolecular Hbond substituents is 1. The normalized spacial score (nSPS) is 15.9. The lowest BCUT2D eigenvalue weighted by Crippen LogP contribution is -2.46. The van der Waals surface area contributed by atoms with Crippen molar-refractivity contribution in [2.24, 2.45) is 5.41 Å². The predicted molar refractivity (Wildman–Crippen MR) is 156 cm³/mol. The minimum atomic E-state index is -0.462. The first-order chi connectivity index (χ1) is 19.1. The van der Waals surface area contributed by atoms with Crippen LogP contribution in [0.4, 0.5) is 0 Å². The Morgan fingerprint density at radius 2 is 1.82 bits per heavy atom. The van der Waals surface area contributed by atoms with E-state index < -0.39 is 5.97 Å². The number of nitrogens with zero attached hydrogens (tertiary/aromatic N) is 3. The third kappa shape index (κ3) is 5.38. The first kappa shape index (κ1) is 27.9. The number of esters is 1. The van der Waals surface area contributed by atoms with E-state index in [1.165, 1.54) is 0 Å². The van der Waals surface area contributed by atoms with Crippen LogP contribution in [0.25, 0.3) is 21.7 Å². The molecule has 8 heteroatoms. The molecule has 0 radical (unpaired) electrons. The number of carbonyl (C=O) groups excluding carboxylic acids is 1. The van der Waals surface area contributed by atoms with Crippen LogP contribution in [0.1, 0.15) is 61.0 Å². The lowest BCUT2D eigenvalue weighted by atomic mass is 9.89. The molecule has 212 valence electrons. The number of carbonyl (C=O) groups is 1. The van der Waals surface area contributed by atoms with E-state index in [0.29, 0.717) is 45.7 Å². The molecule has 1 atom stereocenters. The molecule has 0 amide bonds. The van der Waals surface area contributed by atoms with Crippen LogP contribution in [0.3, 0.4) is 0 Å². The van der Waals surface area contributed by atoms with Gasteiger partial charge in [0.25, 0.3) is 0 Å². The maximum atomic E-state index is 13.3. The van der Waals surface area contributed by atoms with Gasteiger partial charge >= 0.3 is 5.97 Å². The molecule has 3 heterocycles. The molecule has 1 aliphatic rings. The third-order valence-corrected chi connectivity index (χ3v) is 7.42. The number of aromatic nitrogens is 1. The number of piperazine rings is 1. The van der Waals surface area contributed by atoms with Crippen LogP contribution in [-0.4, -0.2) is 72.3 Å². The van der Waals surface area contributed by atoms with Crippen molar-refractivity contribution in [2.45, 2.75) is 40.7 Å². The summed E-state index contributed by atoms with van der Waals surface area (Å²) in [6, 6.07) is 11.1. The molecule has 1 saturated heterocycles. The summed E-state index contributed by atoms with van der Waals surface area (Å²) in [7, 11) is 2.11. The molecule has 2 aromatic carbocycles. The lowest BCUT2D eigenvalue weighted by molar-refractivity contribution is 0.0526. The van der Waals surface area contributed by atoms with Gasteiger partial charge in [0.1, 0.15) is 22.7 Å². The highest BCUT2D eigenvalue weighted by atomic mass is 16.5. The van der Waals surface area contributed by atoms with Gasteiger partial charge in [-0.3, -0.25) is 4.90 Å². The van der Waals surface area contributed by atoms with E-state index in [1.54, 1.807) is 20.0 Å². The van der Waals surface area contributed by atoms with Crippen molar-refractivity contribution < 1.29 is 23.8 Å². The Kier molecular flexibility index (Phi) is 7.75. The minimum Gasteiger partial charge on any atom is -0.507 e. The van der Waals surface area contributed by atoms with Gasteiger partial charge in [-0.05, 0) is 37.9 Å². The Balaban J connectivity index is 1.79. The Morgan fingerprint density at radius 3 is 2.50 bits per heavy atom. The van der Waals surface area contributed by atoms with Crippen LogP contribution >= 0.6 is 0 Å². The molecule has 1 N–H and O–H groups in total. The number of likely N-dealkylation sites (N-methyl/N-ethyl adjacent to an activating group) is 1. The molecule has 0 saturated carbocycles. The topological polar surface area (TPSA) is 88.3 Å². The number of fused-ring (bicyclic) bond motifs is 3. The molecule has 40 heavy (non-hydrogen) atoms. The van der Waals surface area contributed by atoms with Crippen LogP contribution in [0, 0.1) is 12.3 Å². The van der Waals surface area contributed by atoms with Crippen LogP contribution < -0.4 is 4.74 Å². The monoisotopic (exact) mass is 545 g/mol. The van der Waals surface area contributed by atoms with Gasteiger partial charge < -0.3 is 23.9 Å². The number of furan rings is 1. The fourth-order valence-electron chi connectivity index (χ4n) is 5.46. The van der Waals surface area contributed by atoms with Crippen molar-refractivity contribution in [3.63, 3.8) is 0 Å². The van der Waals surface area contributed by atoms with Crippen molar-refractivity contribution in [1.82, 2.24) is 14.8 Å². The first-order valence-electron chi connectivity index (χ1n) is 13.9. The van der Waals surface area contributed by atoms with Crippen LogP contribution in [0.15, 0.2) is 47.0 Å². The highest BCUT2D eigenvalue weighted by Gasteiger charge is 2.35. The second kappa shape index (κ2) is 11.1. The van der Waals surface area contributed by atoms with Crippen LogP contribution in [0.5, 0.6) is 11.6 Å². The summed E-state index contributed by atoms with van der Waals surface area (Å²) < 4.78 is 17.9. The zero-order chi connectivity index (χ0) is 28.6. The molecule has 8 nitrogen and oxygen atoms in total. The summed E-state index contributed by atoms with van der Waals surface area (Å²) in [4.78, 5) is 22.5. The van der Waals surface area contributed by atoms with Gasteiger partial charge in [-0.25, -0.2) is 9.78 Å². The molecular formula is C32H39N3O5. The number of aryl methyl sites for hydroxylation is 1. The summed E-state index contributed by atoms with van der Waals surface area (Å²) in [5, 5.41) is 14.0. The Morgan fingerprint density at radius 1 is 1.12 bits per heavy atom. The molecule has 1 unspecified atom stereocenters. The van der Waals surface area contributed by atoms with E-state index in [-0.39, 0.29) is 23.8 Å². The van der Waals surface area contributed by atoms with Crippen molar-refractivity contribution >= 4 is 27.7 Å². The largest absolute Gasteiger partial charge is 0.507 e. The molecule has 2 aromatic heterocycles. The van der Waals surface area contributed by atoms with Crippen molar-refractivity contribution in [1.29, 1.82) is 0 Å². The van der Waals surface area contributed by atoms with Gasteiger partial charge in [-0.2, -0.15) is 0 Å². The number of phenols is 1. The van der Waals surface area contributed by atoms with Gasteiger partial charge in [-0.15, -0.1) is 0 Å². The number of aromatic hydroxyl groups is 1. The fraction of sp³-hybridized carbons (Fsp3) is 0.438. The number of rotatable bonds is 7. The minimum absolute atomic E-state index is 0.0276. The predicted octanol–water partition coefficient (Wildman–Crippen LogP) is 5.93. The number of ether oxygens (including phenoxy) is 2. The first-order valence-corrected chi connectivity index (χ1v) is 13.9. The molecule has 0 aliphatic carbocycles. The highest BCUT2D eigenvalue weighted by molar-refractivity contribution is 6.16. The quantitative estimate of drug-likeness (QED) is 0.286. The van der Waals surface area contributed by atoms with Gasteiger partial charge in [0.05, 0.1) is 19.3 Å². The summed E-state index contributed by atoms with van der Waals surface area (Å²) in [5.74, 6) is 0.659. The zero-order valence-electron chi connectivity index (χ0n) is 24.3. The van der Waals surface area contributed by atoms with Crippen molar-refractivity contribution in [2.75, 3.05) is 46.4 Å². The van der Waals surface area contributed by atoms with E-state index in [1.807, 2.05) is 36.4 Å². The highest BCUT2D eigenvalue weighted by Crippen LogP contribution is 2.47. The Hall–Kier alpha value is -3.62. The molecule has 4 aromatic rings. The maximum absolute atomic E-state index is 13.3. The summed E-state index contributed by atoms with van der Waals surface area (Å²) in [6.07, 6.45) is 1.75. The average Bonchev–Trinajstić information content (AvgIpc) is 3.27. The Bertz CT molecular complexity index is 1530. The second-order valence-electron chi connectivity index (χ2n) is 11.8. The number of hydrogen-bond donors (Lipinski definition) is 1. The molecular weight excluding hydrogens is 506 g/mol. The van der Waals surface area contributed by atoms with E-state index in [4.69, 9.17) is 13.9 Å². The van der Waals surface area contributed by atoms with Crippen LogP contribution in [-0.2, 0) is 4.74 Å². The molecule has 1 fully saturated rings. The molecule has 0 spiro atoms.